The largest absolute Gasteiger partial charge is 0.297 e. The minimum absolute atomic E-state index is 0.583. The smallest absolute Gasteiger partial charge is 0.163 e. The minimum Gasteiger partial charge on any atom is -0.297 e. The summed E-state index contributed by atoms with van der Waals surface area (Å²) in [4.78, 5) is 0. The fraction of sp³-hybridized carbons (Fsp3) is 0.250. The first-order valence-corrected chi connectivity index (χ1v) is 2.47. The summed E-state index contributed by atoms with van der Waals surface area (Å²) in [7, 11) is 1.79. The van der Waals surface area contributed by atoms with E-state index in [1.54, 1.807) is 29.6 Å². The zero-order valence-electron chi connectivity index (χ0n) is 5.00. The van der Waals surface area contributed by atoms with Gasteiger partial charge in [-0.15, -0.1) is 5.59 Å². The summed E-state index contributed by atoms with van der Waals surface area (Å²) >= 11 is 0. The third-order valence-electron chi connectivity index (χ3n) is 0.898. The first-order chi connectivity index (χ1) is 4.33. The van der Waals surface area contributed by atoms with Gasteiger partial charge in [0.25, 0.3) is 0 Å². The lowest BCUT2D eigenvalue weighted by atomic mass is 10.7. The van der Waals surface area contributed by atoms with Gasteiger partial charge in [0, 0.05) is 19.3 Å². The lowest BCUT2D eigenvalue weighted by Crippen LogP contribution is -2.16. The van der Waals surface area contributed by atoms with Crippen LogP contribution in [0.2, 0.25) is 0 Å². The van der Waals surface area contributed by atoms with E-state index in [-0.39, 0.29) is 0 Å². The van der Waals surface area contributed by atoms with Gasteiger partial charge in [-0.3, -0.25) is 15.3 Å². The summed E-state index contributed by atoms with van der Waals surface area (Å²) in [6.45, 7) is 0. The highest BCUT2D eigenvalue weighted by molar-refractivity contribution is 5.29. The van der Waals surface area contributed by atoms with Crippen LogP contribution in [-0.2, 0) is 7.05 Å². The number of hydrogen-bond acceptors (Lipinski definition) is 4. The van der Waals surface area contributed by atoms with Crippen LogP contribution in [0.1, 0.15) is 0 Å². The zero-order valence-corrected chi connectivity index (χ0v) is 5.00. The molecule has 0 aromatic carbocycles. The van der Waals surface area contributed by atoms with Crippen molar-refractivity contribution >= 4 is 5.82 Å². The van der Waals surface area contributed by atoms with E-state index >= 15 is 0 Å². The van der Waals surface area contributed by atoms with E-state index < -0.39 is 0 Å². The molecule has 1 rings (SSSR count). The average molecular weight is 128 g/mol. The van der Waals surface area contributed by atoms with Crippen molar-refractivity contribution in [2.45, 2.75) is 0 Å². The van der Waals surface area contributed by atoms with Crippen LogP contribution in [0.15, 0.2) is 12.3 Å². The topological polar surface area (TPSA) is 62.1 Å². The van der Waals surface area contributed by atoms with Gasteiger partial charge in [-0.2, -0.15) is 5.10 Å². The molecule has 50 valence electrons. The summed E-state index contributed by atoms with van der Waals surface area (Å²) in [6.07, 6.45) is 1.76. The molecule has 9 heavy (non-hydrogen) atoms. The second-order valence-electron chi connectivity index (χ2n) is 1.61. The van der Waals surface area contributed by atoms with E-state index in [0.717, 1.165) is 0 Å². The van der Waals surface area contributed by atoms with Crippen molar-refractivity contribution in [2.75, 3.05) is 5.43 Å². The lowest BCUT2D eigenvalue weighted by Gasteiger charge is -1.94. The maximum absolute atomic E-state index is 8.12. The molecule has 1 heterocycles. The van der Waals surface area contributed by atoms with Crippen LogP contribution in [0.25, 0.3) is 0 Å². The second kappa shape index (κ2) is 2.47. The van der Waals surface area contributed by atoms with Crippen LogP contribution < -0.4 is 11.0 Å². The summed E-state index contributed by atoms with van der Waals surface area (Å²) in [5.41, 5.74) is 4.17. The van der Waals surface area contributed by atoms with Crippen molar-refractivity contribution in [1.29, 1.82) is 0 Å². The molecule has 1 aromatic rings. The maximum Gasteiger partial charge on any atom is 0.163 e. The number of nitrogens with one attached hydrogen (secondary N) is 2. The van der Waals surface area contributed by atoms with Crippen molar-refractivity contribution < 1.29 is 5.21 Å². The third-order valence-corrected chi connectivity index (χ3v) is 0.898. The van der Waals surface area contributed by atoms with E-state index in [4.69, 9.17) is 5.21 Å². The number of anilines is 1. The maximum atomic E-state index is 8.12. The molecule has 0 amide bonds. The van der Waals surface area contributed by atoms with Crippen molar-refractivity contribution in [1.82, 2.24) is 15.4 Å². The number of rotatable bonds is 2. The van der Waals surface area contributed by atoms with Crippen molar-refractivity contribution in [3.8, 4) is 0 Å². The monoisotopic (exact) mass is 128 g/mol. The summed E-state index contributed by atoms with van der Waals surface area (Å²) < 4.78 is 1.62. The Bertz CT molecular complexity index is 184. The Kier molecular flexibility index (Phi) is 1.66. The molecule has 0 aliphatic rings. The van der Waals surface area contributed by atoms with Crippen molar-refractivity contribution in [3.05, 3.63) is 12.3 Å². The van der Waals surface area contributed by atoms with Gasteiger partial charge in [0.1, 0.15) is 0 Å². The molecule has 0 spiro atoms. The molecule has 0 aliphatic carbocycles. The normalized spacial score (nSPS) is 9.56. The van der Waals surface area contributed by atoms with E-state index in [1.165, 1.54) is 0 Å². The Morgan fingerprint density at radius 3 is 3.00 bits per heavy atom. The van der Waals surface area contributed by atoms with Crippen LogP contribution >= 0.6 is 0 Å². The molecule has 5 nitrogen and oxygen atoms in total. The number of nitrogens with zero attached hydrogens (tertiary/aromatic N) is 2. The first-order valence-electron chi connectivity index (χ1n) is 2.47. The third kappa shape index (κ3) is 1.41. The van der Waals surface area contributed by atoms with Crippen molar-refractivity contribution in [3.63, 3.8) is 0 Å². The van der Waals surface area contributed by atoms with E-state index in [0.29, 0.717) is 5.82 Å². The number of hydrazine groups is 1. The summed E-state index contributed by atoms with van der Waals surface area (Å²) in [5, 5.41) is 12.0. The number of aryl methyl sites for hydroxylation is 1. The van der Waals surface area contributed by atoms with Crippen LogP contribution in [0.3, 0.4) is 0 Å². The van der Waals surface area contributed by atoms with E-state index in [9.17, 15) is 0 Å². The standard InChI is InChI=1S/C4H8N4O/c1-8-3-2-4(6-8)5-7-9/h2-3,7,9H,1H3,(H,5,6). The minimum atomic E-state index is 0.583. The Balaban J connectivity index is 2.61. The second-order valence-corrected chi connectivity index (χ2v) is 1.61. The van der Waals surface area contributed by atoms with Gasteiger partial charge in [-0.1, -0.05) is 0 Å². The molecule has 0 aliphatic heterocycles. The predicted molar refractivity (Wildman–Crippen MR) is 31.8 cm³/mol. The van der Waals surface area contributed by atoms with Crippen molar-refractivity contribution in [2.24, 2.45) is 7.05 Å². The first kappa shape index (κ1) is 6.06. The molecular weight excluding hydrogens is 120 g/mol. The quantitative estimate of drug-likeness (QED) is 0.479. The highest BCUT2D eigenvalue weighted by atomic mass is 16.5. The lowest BCUT2D eigenvalue weighted by molar-refractivity contribution is 0.192. The fourth-order valence-electron chi connectivity index (χ4n) is 0.539. The fourth-order valence-corrected chi connectivity index (χ4v) is 0.539. The molecule has 0 saturated carbocycles. The molecule has 0 fully saturated rings. The summed E-state index contributed by atoms with van der Waals surface area (Å²) in [6, 6.07) is 1.73. The Labute approximate surface area is 52.2 Å². The molecular formula is C4H8N4O. The highest BCUT2D eigenvalue weighted by Gasteiger charge is 1.90. The molecule has 0 unspecified atom stereocenters. The van der Waals surface area contributed by atoms with Crippen LogP contribution in [-0.4, -0.2) is 15.0 Å². The zero-order chi connectivity index (χ0) is 6.69. The number of hydrogen-bond donors (Lipinski definition) is 3. The molecule has 0 atom stereocenters. The Morgan fingerprint density at radius 2 is 2.56 bits per heavy atom. The van der Waals surface area contributed by atoms with E-state index in [2.05, 4.69) is 10.5 Å². The van der Waals surface area contributed by atoms with Gasteiger partial charge >= 0.3 is 0 Å². The average Bonchev–Trinajstić information content (AvgIpc) is 2.17. The van der Waals surface area contributed by atoms with Gasteiger partial charge in [0.2, 0.25) is 0 Å². The van der Waals surface area contributed by atoms with Gasteiger partial charge in [0.15, 0.2) is 5.82 Å². The highest BCUT2D eigenvalue weighted by Crippen LogP contribution is 1.96. The van der Waals surface area contributed by atoms with Gasteiger partial charge in [-0.05, 0) is 0 Å². The Hall–Kier alpha value is -1.07. The SMILES string of the molecule is Cn1ccc(NNO)n1. The molecule has 0 saturated heterocycles. The van der Waals surface area contributed by atoms with Gasteiger partial charge < -0.3 is 0 Å². The van der Waals surface area contributed by atoms with Crippen LogP contribution in [0.5, 0.6) is 0 Å². The summed E-state index contributed by atoms with van der Waals surface area (Å²) in [5.74, 6) is 0.583. The molecule has 3 N–H and O–H groups in total. The van der Waals surface area contributed by atoms with Crippen LogP contribution in [0.4, 0.5) is 5.82 Å². The van der Waals surface area contributed by atoms with Crippen LogP contribution in [0, 0.1) is 0 Å². The molecule has 0 radical (unpaired) electrons. The predicted octanol–water partition coefficient (Wildman–Crippen LogP) is -0.274. The molecule has 0 bridgehead atoms. The van der Waals surface area contributed by atoms with Gasteiger partial charge in [0.05, 0.1) is 0 Å². The Morgan fingerprint density at radius 1 is 1.78 bits per heavy atom. The van der Waals surface area contributed by atoms with E-state index in [1.807, 2.05) is 0 Å². The molecule has 1 aromatic heterocycles. The van der Waals surface area contributed by atoms with Gasteiger partial charge in [-0.25, -0.2) is 0 Å². The number of aromatic nitrogens is 2. The molecule has 5 heteroatoms.